The second-order valence-corrected chi connectivity index (χ2v) is 14.5. The molecule has 39 heavy (non-hydrogen) atoms. The van der Waals surface area contributed by atoms with Gasteiger partial charge in [0.2, 0.25) is 10.0 Å². The van der Waals surface area contributed by atoms with Crippen molar-refractivity contribution in [3.05, 3.63) is 78.1 Å². The third kappa shape index (κ3) is 6.03. The lowest BCUT2D eigenvalue weighted by Gasteiger charge is -2.21. The molecule has 204 valence electrons. The van der Waals surface area contributed by atoms with E-state index < -0.39 is 19.9 Å². The summed E-state index contributed by atoms with van der Waals surface area (Å²) in [6.45, 7) is 1.18. The van der Waals surface area contributed by atoms with Crippen LogP contribution in [-0.4, -0.2) is 56.4 Å². The maximum Gasteiger partial charge on any atom is 0.260 e. The van der Waals surface area contributed by atoms with E-state index in [1.807, 2.05) is 6.07 Å². The minimum atomic E-state index is -3.64. The number of rotatable bonds is 7. The number of pyridine rings is 1. The molecule has 4 aromatic rings. The van der Waals surface area contributed by atoms with E-state index in [9.17, 15) is 21.6 Å². The number of carbonyl (C=O) groups is 1. The van der Waals surface area contributed by atoms with E-state index in [4.69, 9.17) is 0 Å². The molecule has 3 heterocycles. The number of benzene rings is 2. The predicted molar refractivity (Wildman–Crippen MR) is 151 cm³/mol. The summed E-state index contributed by atoms with van der Waals surface area (Å²) in [5.74, 6) is -0.361. The van der Waals surface area contributed by atoms with E-state index in [1.165, 1.54) is 50.9 Å². The van der Waals surface area contributed by atoms with E-state index in [1.54, 1.807) is 30.6 Å². The van der Waals surface area contributed by atoms with Gasteiger partial charge in [-0.05, 0) is 66.9 Å². The van der Waals surface area contributed by atoms with E-state index in [-0.39, 0.29) is 22.2 Å². The highest BCUT2D eigenvalue weighted by Crippen LogP contribution is 2.32. The number of fused-ring (bicyclic) bond motifs is 1. The topological polar surface area (TPSA) is 118 Å². The predicted octanol–water partition coefficient (Wildman–Crippen LogP) is 4.51. The Hall–Kier alpha value is -3.19. The second kappa shape index (κ2) is 11.1. The number of hydrogen-bond donors (Lipinski definition) is 0. The molecular formula is C27H28N4O5S3. The number of aromatic nitrogens is 2. The molecule has 5 rings (SSSR count). The van der Waals surface area contributed by atoms with Crippen LogP contribution in [0, 0.1) is 0 Å². The summed E-state index contributed by atoms with van der Waals surface area (Å²) in [5.41, 5.74) is 1.66. The van der Waals surface area contributed by atoms with Crippen LogP contribution in [0.5, 0.6) is 0 Å². The van der Waals surface area contributed by atoms with E-state index in [2.05, 4.69) is 9.97 Å². The van der Waals surface area contributed by atoms with Crippen LogP contribution >= 0.6 is 11.3 Å². The van der Waals surface area contributed by atoms with Gasteiger partial charge in [0.15, 0.2) is 15.0 Å². The molecule has 0 radical (unpaired) electrons. The average molecular weight is 585 g/mol. The van der Waals surface area contributed by atoms with Gasteiger partial charge in [0.05, 0.1) is 26.6 Å². The van der Waals surface area contributed by atoms with Crippen LogP contribution < -0.4 is 4.90 Å². The molecule has 0 N–H and O–H groups in total. The number of carbonyl (C=O) groups excluding carboxylic acids is 1. The van der Waals surface area contributed by atoms with Gasteiger partial charge in [-0.2, -0.15) is 4.31 Å². The molecule has 1 fully saturated rings. The summed E-state index contributed by atoms with van der Waals surface area (Å²) in [7, 11) is -7.04. The Balaban J connectivity index is 1.48. The summed E-state index contributed by atoms with van der Waals surface area (Å²) < 4.78 is 52.6. The Morgan fingerprint density at radius 2 is 1.64 bits per heavy atom. The van der Waals surface area contributed by atoms with Gasteiger partial charge in [-0.3, -0.25) is 14.7 Å². The molecule has 0 aliphatic carbocycles. The normalized spacial score (nSPS) is 15.2. The van der Waals surface area contributed by atoms with Gasteiger partial charge in [0.25, 0.3) is 5.91 Å². The number of anilines is 1. The van der Waals surface area contributed by atoms with Gasteiger partial charge >= 0.3 is 0 Å². The quantitative estimate of drug-likeness (QED) is 0.314. The fourth-order valence-corrected chi connectivity index (χ4v) is 7.74. The first kappa shape index (κ1) is 27.4. The Morgan fingerprint density at radius 3 is 2.28 bits per heavy atom. The molecule has 2 aromatic heterocycles. The van der Waals surface area contributed by atoms with E-state index in [0.717, 1.165) is 37.5 Å². The second-order valence-electron chi connectivity index (χ2n) is 9.49. The first-order chi connectivity index (χ1) is 18.6. The molecule has 0 atom stereocenters. The van der Waals surface area contributed by atoms with Crippen LogP contribution in [0.1, 0.15) is 41.6 Å². The summed E-state index contributed by atoms with van der Waals surface area (Å²) >= 11 is 1.21. The van der Waals surface area contributed by atoms with Gasteiger partial charge in [0.1, 0.15) is 0 Å². The number of hydrogen-bond acceptors (Lipinski definition) is 8. The lowest BCUT2D eigenvalue weighted by atomic mass is 10.2. The zero-order valence-electron chi connectivity index (χ0n) is 21.4. The maximum absolute atomic E-state index is 13.8. The third-order valence-corrected chi connectivity index (χ3v) is 10.7. The van der Waals surface area contributed by atoms with Crippen molar-refractivity contribution in [2.75, 3.05) is 24.2 Å². The van der Waals surface area contributed by atoms with Gasteiger partial charge in [-0.25, -0.2) is 21.8 Å². The molecule has 0 unspecified atom stereocenters. The van der Waals surface area contributed by atoms with E-state index in [0.29, 0.717) is 34.0 Å². The van der Waals surface area contributed by atoms with Gasteiger partial charge in [0, 0.05) is 37.3 Å². The molecule has 12 heteroatoms. The fourth-order valence-electron chi connectivity index (χ4n) is 4.50. The van der Waals surface area contributed by atoms with E-state index >= 15 is 0 Å². The molecule has 1 aliphatic rings. The van der Waals surface area contributed by atoms with Crippen LogP contribution in [0.15, 0.2) is 76.8 Å². The molecule has 9 nitrogen and oxygen atoms in total. The molecule has 1 aliphatic heterocycles. The molecule has 0 spiro atoms. The lowest BCUT2D eigenvalue weighted by molar-refractivity contribution is 0.0985. The smallest absolute Gasteiger partial charge is 0.260 e. The average Bonchev–Trinajstić information content (AvgIpc) is 3.14. The fraction of sp³-hybridized carbons (Fsp3) is 0.296. The Bertz CT molecular complexity index is 1700. The number of amides is 1. The van der Waals surface area contributed by atoms with Crippen LogP contribution in [-0.2, 0) is 26.4 Å². The van der Waals surface area contributed by atoms with Crippen LogP contribution in [0.2, 0.25) is 0 Å². The van der Waals surface area contributed by atoms with Crippen molar-refractivity contribution in [1.82, 2.24) is 14.3 Å². The Morgan fingerprint density at radius 1 is 0.949 bits per heavy atom. The molecule has 0 bridgehead atoms. The molecule has 1 amide bonds. The van der Waals surface area contributed by atoms with Crippen molar-refractivity contribution in [1.29, 1.82) is 0 Å². The summed E-state index contributed by atoms with van der Waals surface area (Å²) in [6, 6.07) is 14.3. The standard InChI is InChI=1S/C27H28N4O5S3/c1-38(33,34)23-12-13-24-25(17-23)37-27(29-24)31(19-20-7-6-14-28-18-20)26(32)21-8-10-22(11-9-21)39(35,36)30-15-4-2-3-5-16-30/h6-14,17-18H,2-5,15-16,19H2,1H3. The van der Waals surface area contributed by atoms with Crippen molar-refractivity contribution in [2.24, 2.45) is 0 Å². The Kier molecular flexibility index (Phi) is 7.81. The lowest BCUT2D eigenvalue weighted by Crippen LogP contribution is -2.32. The monoisotopic (exact) mass is 584 g/mol. The van der Waals surface area contributed by atoms with Crippen molar-refractivity contribution >= 4 is 52.5 Å². The van der Waals surface area contributed by atoms with Crippen LogP contribution in [0.3, 0.4) is 0 Å². The minimum absolute atomic E-state index is 0.160. The third-order valence-electron chi connectivity index (χ3n) is 6.62. The highest BCUT2D eigenvalue weighted by molar-refractivity contribution is 7.90. The summed E-state index contributed by atoms with van der Waals surface area (Å²) in [4.78, 5) is 24.4. The molecular weight excluding hydrogens is 557 g/mol. The number of sulfone groups is 1. The van der Waals surface area contributed by atoms with Gasteiger partial charge in [-0.15, -0.1) is 0 Å². The highest BCUT2D eigenvalue weighted by Gasteiger charge is 2.27. The maximum atomic E-state index is 13.8. The molecule has 2 aromatic carbocycles. The first-order valence-electron chi connectivity index (χ1n) is 12.5. The largest absolute Gasteiger partial charge is 0.279 e. The first-order valence-corrected chi connectivity index (χ1v) is 16.7. The van der Waals surface area contributed by atoms with Crippen molar-refractivity contribution in [3.8, 4) is 0 Å². The van der Waals surface area contributed by atoms with Crippen molar-refractivity contribution in [3.63, 3.8) is 0 Å². The highest BCUT2D eigenvalue weighted by atomic mass is 32.2. The van der Waals surface area contributed by atoms with Crippen molar-refractivity contribution < 1.29 is 21.6 Å². The Labute approximate surface area is 232 Å². The van der Waals surface area contributed by atoms with Gasteiger partial charge in [-0.1, -0.05) is 30.2 Å². The minimum Gasteiger partial charge on any atom is -0.279 e. The SMILES string of the molecule is CS(=O)(=O)c1ccc2nc(N(Cc3cccnc3)C(=O)c3ccc(S(=O)(=O)N4CCCCCC4)cc3)sc2c1. The summed E-state index contributed by atoms with van der Waals surface area (Å²) in [5, 5.41) is 0.394. The van der Waals surface area contributed by atoms with Gasteiger partial charge < -0.3 is 0 Å². The van der Waals surface area contributed by atoms with Crippen LogP contribution in [0.4, 0.5) is 5.13 Å². The summed E-state index contributed by atoms with van der Waals surface area (Å²) in [6.07, 6.45) is 8.17. The number of thiazole rings is 1. The zero-order valence-corrected chi connectivity index (χ0v) is 23.8. The zero-order chi connectivity index (χ0) is 27.6. The number of nitrogens with zero attached hydrogens (tertiary/aromatic N) is 4. The van der Waals surface area contributed by atoms with Crippen LogP contribution in [0.25, 0.3) is 10.2 Å². The van der Waals surface area contributed by atoms with Crippen molar-refractivity contribution in [2.45, 2.75) is 42.0 Å². The molecule has 1 saturated heterocycles. The molecule has 0 saturated carbocycles. The number of sulfonamides is 1.